The van der Waals surface area contributed by atoms with Gasteiger partial charge in [0, 0.05) is 17.3 Å². The molecular weight excluding hydrogens is 549 g/mol. The van der Waals surface area contributed by atoms with E-state index in [4.69, 9.17) is 30.1 Å². The van der Waals surface area contributed by atoms with Crippen molar-refractivity contribution in [2.75, 3.05) is 6.61 Å². The third kappa shape index (κ3) is 7.39. The van der Waals surface area contributed by atoms with Gasteiger partial charge in [0.1, 0.15) is 35.1 Å². The molecule has 1 aromatic rings. The first kappa shape index (κ1) is 29.7. The Hall–Kier alpha value is -1.83. The van der Waals surface area contributed by atoms with Gasteiger partial charge in [-0.25, -0.2) is 4.57 Å². The van der Waals surface area contributed by atoms with Crippen molar-refractivity contribution in [1.29, 1.82) is 0 Å². The van der Waals surface area contributed by atoms with Crippen LogP contribution in [0.25, 0.3) is 0 Å². The molecule has 3 unspecified atom stereocenters. The van der Waals surface area contributed by atoms with Crippen LogP contribution in [-0.4, -0.2) is 75.3 Å². The van der Waals surface area contributed by atoms with Crippen LogP contribution in [0.1, 0.15) is 27.7 Å². The maximum atomic E-state index is 13.7. The summed E-state index contributed by atoms with van der Waals surface area (Å²) in [5.41, 5.74) is -2.67. The van der Waals surface area contributed by atoms with Gasteiger partial charge in [0.25, 0.3) is 0 Å². The van der Waals surface area contributed by atoms with E-state index in [2.05, 4.69) is 23.0 Å². The number of hydrogen-bond donors (Lipinski definition) is 5. The fourth-order valence-corrected chi connectivity index (χ4v) is 5.57. The van der Waals surface area contributed by atoms with Gasteiger partial charge in [-0.2, -0.15) is 5.09 Å². The third-order valence-corrected chi connectivity index (χ3v) is 7.77. The average molecular weight is 580 g/mol. The summed E-state index contributed by atoms with van der Waals surface area (Å²) in [6.07, 6.45) is -1.61. The molecule has 7 atom stereocenters. The lowest BCUT2D eigenvalue weighted by atomic mass is 9.96. The number of nitrogens with zero attached hydrogens (tertiary/aromatic N) is 1. The minimum atomic E-state index is -4.27. The summed E-state index contributed by atoms with van der Waals surface area (Å²) in [5.74, 6) is -0.933. The molecule has 2 heterocycles. The van der Waals surface area contributed by atoms with Crippen LogP contribution in [0.5, 0.6) is 5.75 Å². The number of rotatable bonds is 10. The van der Waals surface area contributed by atoms with E-state index in [-0.39, 0.29) is 11.7 Å². The van der Waals surface area contributed by atoms with Crippen molar-refractivity contribution >= 4 is 43.9 Å². The molecule has 0 aliphatic carbocycles. The predicted molar refractivity (Wildman–Crippen MR) is 137 cm³/mol. The zero-order valence-corrected chi connectivity index (χ0v) is 23.2. The maximum absolute atomic E-state index is 13.7. The third-order valence-electron chi connectivity index (χ3n) is 5.48. The van der Waals surface area contributed by atoms with Gasteiger partial charge < -0.3 is 34.4 Å². The van der Waals surface area contributed by atoms with E-state index in [1.807, 2.05) is 0 Å². The largest absolute Gasteiger partial charge is 0.462 e. The van der Waals surface area contributed by atoms with E-state index in [0.717, 1.165) is 0 Å². The Labute approximate surface area is 225 Å². The van der Waals surface area contributed by atoms with Gasteiger partial charge in [0.15, 0.2) is 6.23 Å². The highest BCUT2D eigenvalue weighted by Gasteiger charge is 2.55. The Bertz CT molecular complexity index is 1060. The van der Waals surface area contributed by atoms with E-state index in [9.17, 15) is 24.4 Å². The minimum Gasteiger partial charge on any atom is -0.462 e. The first-order valence-corrected chi connectivity index (χ1v) is 13.8. The number of carbonyl (C=O) groups excluding carboxylic acids is 2. The van der Waals surface area contributed by atoms with Gasteiger partial charge in [-0.1, -0.05) is 11.6 Å². The van der Waals surface area contributed by atoms with E-state index in [1.54, 1.807) is 13.8 Å². The number of ether oxygens (including phenoxy) is 2. The second kappa shape index (κ2) is 11.9. The SMILES string of the molecule is CC(C)OC(=O)[C@H](C)NP(=O)(OC[C@H]1O[C@@H](N2C=CC(=O)NC2S)C(C)(O)[C@H]1O)Oc1ccc(Cl)cc1. The summed E-state index contributed by atoms with van der Waals surface area (Å²) in [6.45, 7) is 5.62. The number of amides is 1. The zero-order chi connectivity index (χ0) is 27.5. The number of benzene rings is 1. The molecule has 4 N–H and O–H groups in total. The molecule has 0 aromatic heterocycles. The molecule has 0 bridgehead atoms. The van der Waals surface area contributed by atoms with Crippen molar-refractivity contribution in [3.05, 3.63) is 41.6 Å². The summed E-state index contributed by atoms with van der Waals surface area (Å²) in [5, 5.41) is 27.3. The summed E-state index contributed by atoms with van der Waals surface area (Å²) in [6, 6.07) is 4.87. The van der Waals surface area contributed by atoms with Crippen molar-refractivity contribution in [3.63, 3.8) is 0 Å². The molecule has 15 heteroatoms. The maximum Gasteiger partial charge on any atom is 0.459 e. The molecule has 1 amide bonds. The van der Waals surface area contributed by atoms with Crippen LogP contribution in [-0.2, 0) is 28.2 Å². The van der Waals surface area contributed by atoms with Crippen molar-refractivity contribution in [2.24, 2.45) is 0 Å². The fourth-order valence-electron chi connectivity index (χ4n) is 3.61. The molecular formula is C22H31ClN3O9PS. The molecule has 0 radical (unpaired) electrons. The van der Waals surface area contributed by atoms with Crippen LogP contribution in [0, 0.1) is 0 Å². The van der Waals surface area contributed by atoms with Gasteiger partial charge in [-0.05, 0) is 52.0 Å². The Balaban J connectivity index is 1.77. The van der Waals surface area contributed by atoms with E-state index in [1.165, 1.54) is 55.3 Å². The number of aliphatic hydroxyl groups is 2. The monoisotopic (exact) mass is 579 g/mol. The van der Waals surface area contributed by atoms with Gasteiger partial charge in [0.05, 0.1) is 12.7 Å². The summed E-state index contributed by atoms with van der Waals surface area (Å²) < 4.78 is 35.8. The van der Waals surface area contributed by atoms with E-state index in [0.29, 0.717) is 5.02 Å². The van der Waals surface area contributed by atoms with Crippen molar-refractivity contribution in [2.45, 2.75) is 69.4 Å². The lowest BCUT2D eigenvalue weighted by molar-refractivity contribution is -0.149. The van der Waals surface area contributed by atoms with Gasteiger partial charge in [0.2, 0.25) is 5.91 Å². The fraction of sp³-hybridized carbons (Fsp3) is 0.545. The standard InChI is InChI=1S/C22H31ClN3O9PS/c1-12(2)33-19(29)13(3)25-36(31,35-15-7-5-14(23)6-8-15)32-11-16-18(28)22(4,30)20(34-16)26-10-9-17(27)24-21(26)37/h5-10,12-13,16,18,20-21,28,30,37H,11H2,1-4H3,(H,24,27)(H,25,31)/t13-,16+,18-,20+,21?,22?,36?/m0/s1. The molecule has 0 spiro atoms. The van der Waals surface area contributed by atoms with Crippen molar-refractivity contribution < 1.29 is 42.9 Å². The highest BCUT2D eigenvalue weighted by Crippen LogP contribution is 2.46. The molecule has 0 saturated carbocycles. The number of carbonyl (C=O) groups is 2. The van der Waals surface area contributed by atoms with Crippen LogP contribution in [0.4, 0.5) is 0 Å². The summed E-state index contributed by atoms with van der Waals surface area (Å²) >= 11 is 10.2. The van der Waals surface area contributed by atoms with Crippen LogP contribution in [0.2, 0.25) is 5.02 Å². The summed E-state index contributed by atoms with van der Waals surface area (Å²) in [4.78, 5) is 25.3. The van der Waals surface area contributed by atoms with Gasteiger partial charge in [-0.3, -0.25) is 14.1 Å². The summed E-state index contributed by atoms with van der Waals surface area (Å²) in [7, 11) is -4.27. The number of thiol groups is 1. The molecule has 206 valence electrons. The molecule has 2 aliphatic heterocycles. The van der Waals surface area contributed by atoms with Crippen LogP contribution in [0.15, 0.2) is 36.5 Å². The minimum absolute atomic E-state index is 0.134. The first-order valence-electron chi connectivity index (χ1n) is 11.4. The number of aliphatic hydroxyl groups excluding tert-OH is 1. The van der Waals surface area contributed by atoms with E-state index < -0.39 is 62.0 Å². The van der Waals surface area contributed by atoms with Crippen LogP contribution in [0.3, 0.4) is 0 Å². The molecule has 3 rings (SSSR count). The van der Waals surface area contributed by atoms with Crippen molar-refractivity contribution in [3.8, 4) is 5.75 Å². The number of hydrogen-bond acceptors (Lipinski definition) is 11. The molecule has 37 heavy (non-hydrogen) atoms. The predicted octanol–water partition coefficient (Wildman–Crippen LogP) is 1.77. The lowest BCUT2D eigenvalue weighted by Crippen LogP contribution is -2.57. The number of halogens is 1. The number of nitrogens with one attached hydrogen (secondary N) is 2. The first-order chi connectivity index (χ1) is 17.2. The Kier molecular flexibility index (Phi) is 9.57. The second-order valence-electron chi connectivity index (χ2n) is 9.02. The van der Waals surface area contributed by atoms with Crippen LogP contribution < -0.4 is 14.9 Å². The second-order valence-corrected chi connectivity index (χ2v) is 11.6. The van der Waals surface area contributed by atoms with Gasteiger partial charge in [-0.15, -0.1) is 12.6 Å². The topological polar surface area (TPSA) is 156 Å². The zero-order valence-electron chi connectivity index (χ0n) is 20.6. The number of esters is 1. The quantitative estimate of drug-likeness (QED) is 0.156. The van der Waals surface area contributed by atoms with Gasteiger partial charge >= 0.3 is 13.7 Å². The lowest BCUT2D eigenvalue weighted by Gasteiger charge is -2.39. The highest BCUT2D eigenvalue weighted by atomic mass is 35.5. The normalized spacial score (nSPS) is 30.1. The molecule has 1 fully saturated rings. The Morgan fingerprint density at radius 2 is 2.00 bits per heavy atom. The van der Waals surface area contributed by atoms with Crippen LogP contribution >= 0.6 is 32.0 Å². The van der Waals surface area contributed by atoms with Crippen molar-refractivity contribution in [1.82, 2.24) is 15.3 Å². The Morgan fingerprint density at radius 3 is 2.59 bits per heavy atom. The van der Waals surface area contributed by atoms with E-state index >= 15 is 0 Å². The molecule has 2 aliphatic rings. The molecule has 12 nitrogen and oxygen atoms in total. The smallest absolute Gasteiger partial charge is 0.459 e. The molecule has 1 aromatic carbocycles. The average Bonchev–Trinajstić information content (AvgIpc) is 3.02. The Morgan fingerprint density at radius 1 is 1.35 bits per heavy atom. The molecule has 1 saturated heterocycles. The highest BCUT2D eigenvalue weighted by molar-refractivity contribution is 7.80.